The van der Waals surface area contributed by atoms with Crippen molar-refractivity contribution in [3.8, 4) is 45.1 Å². The number of benzene rings is 8. The van der Waals surface area contributed by atoms with Crippen LogP contribution in [0.2, 0.25) is 0 Å². The molecule has 0 N–H and O–H groups in total. The van der Waals surface area contributed by atoms with Crippen molar-refractivity contribution in [1.29, 1.82) is 0 Å². The Labute approximate surface area is 329 Å². The van der Waals surface area contributed by atoms with Crippen LogP contribution in [0.15, 0.2) is 182 Å². The van der Waals surface area contributed by atoms with Crippen LogP contribution in [0.3, 0.4) is 0 Å². The fourth-order valence-electron chi connectivity index (χ4n) is 9.84. The minimum atomic E-state index is -0.234. The van der Waals surface area contributed by atoms with E-state index in [1.807, 2.05) is 12.1 Å². The molecule has 0 bridgehead atoms. The Kier molecular flexibility index (Phi) is 6.65. The van der Waals surface area contributed by atoms with E-state index in [1.165, 1.54) is 65.9 Å². The van der Waals surface area contributed by atoms with Gasteiger partial charge in [-0.2, -0.15) is 0 Å². The molecule has 4 heteroatoms. The van der Waals surface area contributed by atoms with Crippen LogP contribution in [0.4, 0.5) is 0 Å². The van der Waals surface area contributed by atoms with Crippen LogP contribution in [0.5, 0.6) is 0 Å². The van der Waals surface area contributed by atoms with E-state index in [4.69, 9.17) is 9.97 Å². The van der Waals surface area contributed by atoms with Gasteiger partial charge < -0.3 is 9.13 Å². The third-order valence-electron chi connectivity index (χ3n) is 12.3. The molecule has 3 heterocycles. The summed E-state index contributed by atoms with van der Waals surface area (Å²) in [5.74, 6) is 0.714. The average molecular weight is 729 g/mol. The molecule has 3 aromatic heterocycles. The smallest absolute Gasteiger partial charge is 0.160 e. The second-order valence-electron chi connectivity index (χ2n) is 15.7. The van der Waals surface area contributed by atoms with Crippen LogP contribution < -0.4 is 0 Å². The SMILES string of the molecule is CC1(C)c2ccccc2-c2c1c1c(c3ccccc3n1-c1ccccc1)c1c2c2ccccc2n1-c1ccc(-c2nc(-c3ccccc3)c3ccccc3n2)cc1. The van der Waals surface area contributed by atoms with E-state index < -0.39 is 0 Å². The van der Waals surface area contributed by atoms with Crippen molar-refractivity contribution in [2.45, 2.75) is 19.3 Å². The van der Waals surface area contributed by atoms with Gasteiger partial charge in [-0.25, -0.2) is 9.97 Å². The molecule has 0 unspecified atom stereocenters. The normalized spacial score (nSPS) is 13.2. The predicted molar refractivity (Wildman–Crippen MR) is 237 cm³/mol. The van der Waals surface area contributed by atoms with Crippen LogP contribution in [0.25, 0.3) is 99.7 Å². The highest BCUT2D eigenvalue weighted by molar-refractivity contribution is 6.32. The zero-order valence-electron chi connectivity index (χ0n) is 31.6. The molecule has 4 nitrogen and oxygen atoms in total. The number of para-hydroxylation sites is 4. The van der Waals surface area contributed by atoms with E-state index in [-0.39, 0.29) is 5.41 Å². The Bertz CT molecular complexity index is 3410. The lowest BCUT2D eigenvalue weighted by atomic mass is 9.81. The van der Waals surface area contributed by atoms with E-state index in [2.05, 4.69) is 193 Å². The first-order chi connectivity index (χ1) is 28.1. The Morgan fingerprint density at radius 2 is 1.00 bits per heavy atom. The van der Waals surface area contributed by atoms with Crippen molar-refractivity contribution < 1.29 is 0 Å². The third-order valence-corrected chi connectivity index (χ3v) is 12.3. The van der Waals surface area contributed by atoms with Crippen molar-refractivity contribution >= 4 is 54.5 Å². The summed E-state index contributed by atoms with van der Waals surface area (Å²) in [6.45, 7) is 4.82. The van der Waals surface area contributed by atoms with Crippen molar-refractivity contribution in [3.63, 3.8) is 0 Å². The molecule has 0 spiro atoms. The summed E-state index contributed by atoms with van der Waals surface area (Å²) < 4.78 is 5.02. The number of rotatable bonds is 4. The zero-order valence-corrected chi connectivity index (χ0v) is 31.6. The molecule has 1 aliphatic rings. The standard InChI is InChI=1S/C53H36N4/c1-53(2)41-25-13-9-21-37(41)45-46-39-23-11-15-27-43(39)56(50(46)47-40-24-12-16-28-44(40)57(51(47)48(45)53)35-19-7-4-8-20-35)36-31-29-34(30-32-36)52-54-42-26-14-10-22-38(42)49(55-52)33-17-5-3-6-18-33/h3-32H,1-2H3. The topological polar surface area (TPSA) is 35.6 Å². The Morgan fingerprint density at radius 1 is 0.439 bits per heavy atom. The maximum atomic E-state index is 5.19. The minimum Gasteiger partial charge on any atom is -0.309 e. The van der Waals surface area contributed by atoms with Gasteiger partial charge in [0.2, 0.25) is 0 Å². The second-order valence-corrected chi connectivity index (χ2v) is 15.7. The van der Waals surface area contributed by atoms with Gasteiger partial charge in [-0.15, -0.1) is 0 Å². The summed E-state index contributed by atoms with van der Waals surface area (Å²) >= 11 is 0. The number of hydrogen-bond acceptors (Lipinski definition) is 2. The third kappa shape index (κ3) is 4.44. The van der Waals surface area contributed by atoms with Gasteiger partial charge in [0.05, 0.1) is 33.3 Å². The lowest BCUT2D eigenvalue weighted by Crippen LogP contribution is -2.16. The summed E-state index contributed by atoms with van der Waals surface area (Å²) in [5, 5.41) is 6.12. The van der Waals surface area contributed by atoms with Gasteiger partial charge >= 0.3 is 0 Å². The Hall–Kier alpha value is -7.30. The van der Waals surface area contributed by atoms with Gasteiger partial charge in [-0.05, 0) is 76.9 Å². The van der Waals surface area contributed by atoms with Crippen LogP contribution in [-0.4, -0.2) is 19.1 Å². The molecule has 57 heavy (non-hydrogen) atoms. The zero-order chi connectivity index (χ0) is 37.8. The molecule has 0 saturated carbocycles. The molecule has 0 radical (unpaired) electrons. The Balaban J connectivity index is 1.19. The van der Waals surface area contributed by atoms with E-state index in [9.17, 15) is 0 Å². The van der Waals surface area contributed by atoms with Crippen molar-refractivity contribution in [2.24, 2.45) is 0 Å². The molecule has 12 rings (SSSR count). The number of hydrogen-bond donors (Lipinski definition) is 0. The van der Waals surface area contributed by atoms with Gasteiger partial charge in [0.1, 0.15) is 0 Å². The van der Waals surface area contributed by atoms with Crippen molar-refractivity contribution in [2.75, 3.05) is 0 Å². The molecule has 0 amide bonds. The number of nitrogens with zero attached hydrogens (tertiary/aromatic N) is 4. The van der Waals surface area contributed by atoms with Crippen molar-refractivity contribution in [1.82, 2.24) is 19.1 Å². The van der Waals surface area contributed by atoms with E-state index in [1.54, 1.807) is 0 Å². The lowest BCUT2D eigenvalue weighted by Gasteiger charge is -2.24. The Morgan fingerprint density at radius 3 is 1.74 bits per heavy atom. The van der Waals surface area contributed by atoms with Crippen molar-refractivity contribution in [3.05, 3.63) is 193 Å². The number of fused-ring (bicyclic) bond motifs is 13. The molecular formula is C53H36N4. The van der Waals surface area contributed by atoms with Gasteiger partial charge in [0, 0.05) is 54.8 Å². The maximum Gasteiger partial charge on any atom is 0.160 e. The first-order valence-electron chi connectivity index (χ1n) is 19.7. The number of aromatic nitrogens is 4. The largest absolute Gasteiger partial charge is 0.309 e. The fraction of sp³-hybridized carbons (Fsp3) is 0.0566. The van der Waals surface area contributed by atoms with Crippen LogP contribution >= 0.6 is 0 Å². The molecule has 0 aliphatic heterocycles. The fourth-order valence-corrected chi connectivity index (χ4v) is 9.84. The van der Waals surface area contributed by atoms with Crippen LogP contribution in [0.1, 0.15) is 25.0 Å². The monoisotopic (exact) mass is 728 g/mol. The van der Waals surface area contributed by atoms with Crippen LogP contribution in [-0.2, 0) is 5.41 Å². The van der Waals surface area contributed by atoms with Gasteiger partial charge in [0.15, 0.2) is 5.82 Å². The minimum absolute atomic E-state index is 0.234. The molecule has 0 fully saturated rings. The van der Waals surface area contributed by atoms with E-state index in [0.29, 0.717) is 5.82 Å². The lowest BCUT2D eigenvalue weighted by molar-refractivity contribution is 0.664. The molecular weight excluding hydrogens is 693 g/mol. The first kappa shape index (κ1) is 32.0. The summed E-state index contributed by atoms with van der Waals surface area (Å²) in [6, 6.07) is 65.4. The van der Waals surface area contributed by atoms with Gasteiger partial charge in [-0.1, -0.05) is 141 Å². The molecule has 8 aromatic carbocycles. The highest BCUT2D eigenvalue weighted by Gasteiger charge is 2.41. The highest BCUT2D eigenvalue weighted by atomic mass is 15.0. The molecule has 268 valence electrons. The summed E-state index contributed by atoms with van der Waals surface area (Å²) in [6.07, 6.45) is 0. The van der Waals surface area contributed by atoms with E-state index in [0.717, 1.165) is 39.1 Å². The summed E-state index contributed by atoms with van der Waals surface area (Å²) in [5.41, 5.74) is 16.2. The highest BCUT2D eigenvalue weighted by Crippen LogP contribution is 2.58. The average Bonchev–Trinajstić information content (AvgIpc) is 3.87. The van der Waals surface area contributed by atoms with Gasteiger partial charge in [0.25, 0.3) is 0 Å². The molecule has 0 atom stereocenters. The predicted octanol–water partition coefficient (Wildman–Crippen LogP) is 13.5. The van der Waals surface area contributed by atoms with Gasteiger partial charge in [-0.3, -0.25) is 0 Å². The van der Waals surface area contributed by atoms with Crippen LogP contribution in [0, 0.1) is 0 Å². The molecule has 1 aliphatic carbocycles. The summed E-state index contributed by atoms with van der Waals surface area (Å²) in [4.78, 5) is 10.3. The molecule has 0 saturated heterocycles. The maximum absolute atomic E-state index is 5.19. The second kappa shape index (κ2) is 11.8. The molecule has 11 aromatic rings. The van der Waals surface area contributed by atoms with E-state index >= 15 is 0 Å². The quantitative estimate of drug-likeness (QED) is 0.181. The first-order valence-corrected chi connectivity index (χ1v) is 19.7. The summed E-state index contributed by atoms with van der Waals surface area (Å²) in [7, 11) is 0.